The van der Waals surface area contributed by atoms with Crippen LogP contribution in [-0.2, 0) is 0 Å². The second kappa shape index (κ2) is 14.0. The van der Waals surface area contributed by atoms with E-state index in [1.165, 1.54) is 27.3 Å². The first-order valence-corrected chi connectivity index (χ1v) is 17.2. The first-order valence-electron chi connectivity index (χ1n) is 13.4. The molecular formula is C34H26ClN2O5PS. The van der Waals surface area contributed by atoms with E-state index in [1.807, 2.05) is 66.7 Å². The maximum Gasteiger partial charge on any atom is 0.256 e. The highest BCUT2D eigenvalue weighted by Crippen LogP contribution is 2.56. The fraction of sp³-hybridized carbons (Fsp3) is 0. The van der Waals surface area contributed by atoms with Crippen molar-refractivity contribution in [1.29, 1.82) is 0 Å². The van der Waals surface area contributed by atoms with Crippen molar-refractivity contribution in [2.45, 2.75) is 0 Å². The highest BCUT2D eigenvalue weighted by Gasteiger charge is 2.52. The van der Waals surface area contributed by atoms with Crippen molar-refractivity contribution in [2.75, 3.05) is 5.32 Å². The molecule has 0 bridgehead atoms. The van der Waals surface area contributed by atoms with Gasteiger partial charge in [0.1, 0.15) is 20.9 Å². The van der Waals surface area contributed by atoms with Gasteiger partial charge in [-0.25, -0.2) is 18.6 Å². The summed E-state index contributed by atoms with van der Waals surface area (Å²) in [6.45, 7) is 0. The van der Waals surface area contributed by atoms with Crippen molar-refractivity contribution in [3.05, 3.63) is 157 Å². The zero-order chi connectivity index (χ0) is 31.0. The minimum Gasteiger partial charge on any atom is -0.309 e. The Balaban J connectivity index is 0.000000712. The van der Waals surface area contributed by atoms with E-state index in [0.29, 0.717) is 5.56 Å². The molecule has 1 amide bonds. The van der Waals surface area contributed by atoms with E-state index in [9.17, 15) is 4.79 Å². The predicted octanol–water partition coefficient (Wildman–Crippen LogP) is 1.93. The molecule has 1 aromatic heterocycles. The van der Waals surface area contributed by atoms with Crippen LogP contribution in [0.1, 0.15) is 10.4 Å². The lowest BCUT2D eigenvalue weighted by Crippen LogP contribution is -2.68. The van der Waals surface area contributed by atoms with Gasteiger partial charge in [0.05, 0.1) is 0 Å². The minimum atomic E-state index is -4.94. The molecule has 6 aromatic rings. The Hall–Kier alpha value is -4.24. The predicted molar refractivity (Wildman–Crippen MR) is 167 cm³/mol. The van der Waals surface area contributed by atoms with E-state index >= 15 is 0 Å². The molecule has 0 spiro atoms. The molecule has 0 unspecified atom stereocenters. The molecule has 0 atom stereocenters. The van der Waals surface area contributed by atoms with E-state index in [1.54, 1.807) is 0 Å². The van der Waals surface area contributed by atoms with Crippen molar-refractivity contribution in [2.24, 2.45) is 0 Å². The molecule has 5 aromatic carbocycles. The van der Waals surface area contributed by atoms with E-state index in [0.717, 1.165) is 21.0 Å². The van der Waals surface area contributed by atoms with E-state index in [-0.39, 0.29) is 5.91 Å². The Morgan fingerprint density at radius 2 is 0.955 bits per heavy atom. The highest BCUT2D eigenvalue weighted by atomic mass is 35.7. The third kappa shape index (κ3) is 7.27. The number of benzene rings is 5. The zero-order valence-corrected chi connectivity index (χ0v) is 25.6. The summed E-state index contributed by atoms with van der Waals surface area (Å²) in [5, 5.41) is 8.47. The monoisotopic (exact) mass is 640 g/mol. The summed E-state index contributed by atoms with van der Waals surface area (Å²) in [6.07, 6.45) is 0. The fourth-order valence-corrected chi connectivity index (χ4v) is 10.4. The Morgan fingerprint density at radius 1 is 0.591 bits per heavy atom. The average molecular weight is 641 g/mol. The van der Waals surface area contributed by atoms with Crippen LogP contribution in [0.3, 0.4) is 0 Å². The van der Waals surface area contributed by atoms with Gasteiger partial charge in [0.2, 0.25) is 5.44 Å². The summed E-state index contributed by atoms with van der Waals surface area (Å²) < 4.78 is 34.0. The highest BCUT2D eigenvalue weighted by molar-refractivity contribution is 8.01. The number of aromatic nitrogens is 1. The largest absolute Gasteiger partial charge is 0.309 e. The van der Waals surface area contributed by atoms with Crippen LogP contribution in [0.4, 0.5) is 5.00 Å². The van der Waals surface area contributed by atoms with E-state index < -0.39 is 17.5 Å². The Morgan fingerprint density at radius 3 is 1.36 bits per heavy atom. The molecule has 1 heterocycles. The molecule has 0 aliphatic rings. The van der Waals surface area contributed by atoms with Crippen molar-refractivity contribution < 1.29 is 33.7 Å². The fourth-order valence-electron chi connectivity index (χ4n) is 4.86. The zero-order valence-electron chi connectivity index (χ0n) is 23.2. The first-order chi connectivity index (χ1) is 21.3. The van der Waals surface area contributed by atoms with Gasteiger partial charge >= 0.3 is 0 Å². The molecular weight excluding hydrogens is 615 g/mol. The van der Waals surface area contributed by atoms with Gasteiger partial charge in [-0.05, 0) is 48.5 Å². The number of nitrogens with zero attached hydrogens (tertiary/aromatic N) is 1. The molecule has 0 aliphatic carbocycles. The topological polar surface area (TPSA) is 134 Å². The second-order valence-corrected chi connectivity index (χ2v) is 14.5. The van der Waals surface area contributed by atoms with Gasteiger partial charge in [0, 0.05) is 11.1 Å². The smallest absolute Gasteiger partial charge is 0.256 e. The first kappa shape index (κ1) is 31.2. The molecule has 44 heavy (non-hydrogen) atoms. The molecule has 0 saturated heterocycles. The third-order valence-electron chi connectivity index (χ3n) is 6.64. The Kier molecular flexibility index (Phi) is 9.95. The number of carbonyl (C=O) groups is 1. The number of nitrogens with one attached hydrogen (secondary N) is 1. The summed E-state index contributed by atoms with van der Waals surface area (Å²) in [4.78, 5) is 18.9. The van der Waals surface area contributed by atoms with Gasteiger partial charge in [0.25, 0.3) is 5.91 Å². The van der Waals surface area contributed by atoms with Crippen molar-refractivity contribution in [1.82, 2.24) is 4.98 Å². The number of carbonyl (C=O) groups excluding carboxylic acids is 1. The van der Waals surface area contributed by atoms with Crippen LogP contribution in [0.2, 0.25) is 0 Å². The van der Waals surface area contributed by atoms with Gasteiger partial charge in [-0.15, -0.1) is 10.2 Å². The quantitative estimate of drug-likeness (QED) is 0.265. The summed E-state index contributed by atoms with van der Waals surface area (Å²) in [5.74, 6) is -0.146. The summed E-state index contributed by atoms with van der Waals surface area (Å²) >= 11 is 1.53. The van der Waals surface area contributed by atoms with Gasteiger partial charge in [-0.2, -0.15) is 4.98 Å². The van der Waals surface area contributed by atoms with Crippen LogP contribution in [-0.4, -0.2) is 10.9 Å². The van der Waals surface area contributed by atoms with Gasteiger partial charge < -0.3 is 5.32 Å². The Bertz CT molecular complexity index is 1690. The van der Waals surface area contributed by atoms with Crippen LogP contribution in [0.25, 0.3) is 10.6 Å². The lowest BCUT2D eigenvalue weighted by atomic mass is 10.2. The summed E-state index contributed by atoms with van der Waals surface area (Å²) in [6, 6.07) is 51.3. The molecule has 0 radical (unpaired) electrons. The molecule has 220 valence electrons. The standard InChI is InChI=1S/C34H25N2OPS.ClHO4/c37-31(26-16-6-1-7-17-26)35-34-32(36-33(39-34)27-18-8-2-9-19-27)38(28-20-10-3-11-21-28,29-22-12-4-13-23-29)30-24-14-5-15-25-30;2-1(3,4)5/h1-25H;(H,2,3,4,5). The lowest BCUT2D eigenvalue weighted by molar-refractivity contribution is -2.00. The Labute approximate surface area is 261 Å². The van der Waals surface area contributed by atoms with Crippen LogP contribution in [0.15, 0.2) is 152 Å². The van der Waals surface area contributed by atoms with Crippen LogP contribution < -0.4 is 45.3 Å². The maximum absolute atomic E-state index is 13.5. The van der Waals surface area contributed by atoms with Crippen LogP contribution in [0.5, 0.6) is 0 Å². The number of amides is 1. The third-order valence-corrected chi connectivity index (χ3v) is 12.0. The molecule has 0 aliphatic heterocycles. The SMILES string of the molecule is O=C(Nc1sc(-c2ccccc2)nc1[P+](c1ccccc1)(c1ccccc1)c1ccccc1)c1ccccc1.[O-][Cl+3]([O-])([O-])[O-]. The molecule has 10 heteroatoms. The number of hydrogen-bond donors (Lipinski definition) is 1. The second-order valence-electron chi connectivity index (χ2n) is 9.41. The average Bonchev–Trinajstić information content (AvgIpc) is 3.47. The van der Waals surface area contributed by atoms with Crippen LogP contribution >= 0.6 is 18.6 Å². The van der Waals surface area contributed by atoms with E-state index in [4.69, 9.17) is 23.6 Å². The van der Waals surface area contributed by atoms with Gasteiger partial charge in [0.15, 0.2) is 12.3 Å². The summed E-state index contributed by atoms with van der Waals surface area (Å²) in [5.41, 5.74) is 2.54. The molecule has 0 saturated carbocycles. The number of rotatable bonds is 7. The molecule has 1 N–H and O–H groups in total. The lowest BCUT2D eigenvalue weighted by Gasteiger charge is -2.26. The molecule has 6 rings (SSSR count). The molecule has 0 fully saturated rings. The van der Waals surface area contributed by atoms with Crippen molar-refractivity contribution in [3.63, 3.8) is 0 Å². The number of hydrogen-bond acceptors (Lipinski definition) is 7. The number of thiazole rings is 1. The number of halogens is 1. The summed E-state index contributed by atoms with van der Waals surface area (Å²) in [7, 11) is -7.45. The van der Waals surface area contributed by atoms with E-state index in [2.05, 4.69) is 90.2 Å². The van der Waals surface area contributed by atoms with Gasteiger partial charge in [-0.3, -0.25) is 4.79 Å². The van der Waals surface area contributed by atoms with Gasteiger partial charge in [-0.1, -0.05) is 114 Å². The van der Waals surface area contributed by atoms with Crippen molar-refractivity contribution in [3.8, 4) is 10.6 Å². The molecule has 7 nitrogen and oxygen atoms in total. The van der Waals surface area contributed by atoms with Crippen LogP contribution in [0, 0.1) is 10.2 Å². The minimum absolute atomic E-state index is 0.146. The maximum atomic E-state index is 13.5. The normalized spacial score (nSPS) is 11.3. The van der Waals surface area contributed by atoms with Crippen molar-refractivity contribution >= 4 is 50.9 Å². The number of anilines is 1.